The Morgan fingerprint density at radius 1 is 1.09 bits per heavy atom. The van der Waals surface area contributed by atoms with Gasteiger partial charge in [-0.15, -0.1) is 0 Å². The van der Waals surface area contributed by atoms with Crippen molar-refractivity contribution < 1.29 is 9.90 Å². The number of anilines is 3. The van der Waals surface area contributed by atoms with Gasteiger partial charge in [-0.05, 0) is 42.5 Å². The number of hydrogen-bond acceptors (Lipinski definition) is 6. The number of pyridine rings is 1. The minimum Gasteiger partial charge on any atom is -0.481 e. The summed E-state index contributed by atoms with van der Waals surface area (Å²) in [5, 5.41) is 27.2. The van der Waals surface area contributed by atoms with Gasteiger partial charge in [0, 0.05) is 42.8 Å². The summed E-state index contributed by atoms with van der Waals surface area (Å²) < 4.78 is 1.77. The van der Waals surface area contributed by atoms with E-state index in [2.05, 4.69) is 20.3 Å². The van der Waals surface area contributed by atoms with Crippen LogP contribution in [0.25, 0.3) is 10.9 Å². The van der Waals surface area contributed by atoms with Crippen molar-refractivity contribution in [2.75, 3.05) is 23.3 Å². The van der Waals surface area contributed by atoms with E-state index in [1.165, 1.54) is 0 Å². The Labute approximate surface area is 202 Å². The first-order valence-corrected chi connectivity index (χ1v) is 11.7. The Hall–Kier alpha value is -4.20. The number of nitrogens with zero attached hydrogens (tertiary/aromatic N) is 4. The number of aryl methyl sites for hydroxylation is 2. The minimum atomic E-state index is -0.675. The average Bonchev–Trinajstić information content (AvgIpc) is 3.14. The van der Waals surface area contributed by atoms with Gasteiger partial charge in [0.25, 0.3) is 0 Å². The van der Waals surface area contributed by atoms with Gasteiger partial charge in [0.15, 0.2) is 0 Å². The molecule has 6 rings (SSSR count). The summed E-state index contributed by atoms with van der Waals surface area (Å²) in [6.45, 7) is 3.53. The quantitative estimate of drug-likeness (QED) is 0.368. The van der Waals surface area contributed by atoms with E-state index in [9.17, 15) is 9.90 Å². The number of aromatic nitrogens is 3. The number of aliphatic carboxylic acids is 1. The average molecular weight is 467 g/mol. The predicted molar refractivity (Wildman–Crippen MR) is 136 cm³/mol. The molecule has 1 saturated carbocycles. The van der Waals surface area contributed by atoms with E-state index >= 15 is 0 Å². The van der Waals surface area contributed by atoms with Crippen LogP contribution in [-0.2, 0) is 11.8 Å². The number of benzene rings is 2. The molecule has 1 saturated heterocycles. The second-order valence-electron chi connectivity index (χ2n) is 9.54. The third-order valence-electron chi connectivity index (χ3n) is 7.30. The fraction of sp³-hybridized carbons (Fsp3) is 0.259. The third kappa shape index (κ3) is 3.62. The van der Waals surface area contributed by atoms with Crippen LogP contribution in [0.4, 0.5) is 17.2 Å². The van der Waals surface area contributed by atoms with Crippen LogP contribution in [0.5, 0.6) is 0 Å². The van der Waals surface area contributed by atoms with Gasteiger partial charge in [-0.1, -0.05) is 30.3 Å². The maximum atomic E-state index is 11.2. The molecule has 0 amide bonds. The van der Waals surface area contributed by atoms with Crippen molar-refractivity contribution in [3.05, 3.63) is 77.6 Å². The minimum absolute atomic E-state index is 0.181. The molecule has 1 aliphatic carbocycles. The molecule has 8 nitrogen and oxygen atoms in total. The largest absolute Gasteiger partial charge is 0.481 e. The second-order valence-corrected chi connectivity index (χ2v) is 9.54. The molecule has 3 N–H and O–H groups in total. The van der Waals surface area contributed by atoms with Crippen LogP contribution in [0.1, 0.15) is 16.7 Å². The molecule has 1 aliphatic heterocycles. The van der Waals surface area contributed by atoms with E-state index in [4.69, 9.17) is 5.41 Å². The molecule has 4 aromatic rings. The Bertz CT molecular complexity index is 1460. The topological polar surface area (TPSA) is 107 Å². The molecule has 176 valence electrons. The number of carboxylic acid groups (broad SMARTS) is 1. The fourth-order valence-electron chi connectivity index (χ4n) is 5.44. The van der Waals surface area contributed by atoms with E-state index < -0.39 is 5.97 Å². The van der Waals surface area contributed by atoms with Gasteiger partial charge >= 0.3 is 5.97 Å². The maximum absolute atomic E-state index is 11.2. The zero-order chi connectivity index (χ0) is 24.3. The van der Waals surface area contributed by atoms with E-state index in [1.54, 1.807) is 10.9 Å². The van der Waals surface area contributed by atoms with Crippen molar-refractivity contribution >= 4 is 39.8 Å². The highest BCUT2D eigenvalue weighted by molar-refractivity contribution is 6.20. The number of carboxylic acids is 1. The summed E-state index contributed by atoms with van der Waals surface area (Å²) >= 11 is 0. The summed E-state index contributed by atoms with van der Waals surface area (Å²) in [5.41, 5.74) is 5.70. The molecule has 8 heteroatoms. The normalized spacial score (nSPS) is 20.6. The van der Waals surface area contributed by atoms with Crippen LogP contribution in [0.15, 0.2) is 60.9 Å². The first kappa shape index (κ1) is 21.3. The molecule has 0 bridgehead atoms. The summed E-state index contributed by atoms with van der Waals surface area (Å²) in [6.07, 6.45) is 3.75. The van der Waals surface area contributed by atoms with Crippen LogP contribution in [-0.4, -0.2) is 44.6 Å². The summed E-state index contributed by atoms with van der Waals surface area (Å²) in [5.74, 6) is 0.507. The molecule has 3 heterocycles. The lowest BCUT2D eigenvalue weighted by molar-refractivity contribution is -0.139. The Balaban J connectivity index is 1.25. The van der Waals surface area contributed by atoms with Gasteiger partial charge < -0.3 is 15.3 Å². The van der Waals surface area contributed by atoms with Crippen molar-refractivity contribution in [3.63, 3.8) is 0 Å². The van der Waals surface area contributed by atoms with E-state index in [1.807, 2.05) is 68.7 Å². The standard InChI is InChI=1S/C27H26N6O2/c1-15-5-3-7-18(25(28)17-6-4-8-22-19(17)12-32(2)31-22)26(15)30-16-9-10-23(29-11-16)33-13-20-21(14-33)24(20)27(34)35/h3-12,20-21,24,28,30H,13-14H2,1-2H3,(H,34,35). The molecule has 0 radical (unpaired) electrons. The smallest absolute Gasteiger partial charge is 0.307 e. The zero-order valence-corrected chi connectivity index (χ0v) is 19.6. The molecular formula is C27H26N6O2. The SMILES string of the molecule is Cc1cccc(C(=N)c2cccc3nn(C)cc23)c1Nc1ccc(N2CC3C(C2)C3C(=O)O)nc1. The zero-order valence-electron chi connectivity index (χ0n) is 19.6. The Morgan fingerprint density at radius 3 is 2.54 bits per heavy atom. The highest BCUT2D eigenvalue weighted by atomic mass is 16.4. The van der Waals surface area contributed by atoms with Crippen LogP contribution in [0, 0.1) is 30.1 Å². The third-order valence-corrected chi connectivity index (χ3v) is 7.30. The summed E-state index contributed by atoms with van der Waals surface area (Å²) in [7, 11) is 1.89. The monoisotopic (exact) mass is 466 g/mol. The molecule has 2 atom stereocenters. The van der Waals surface area contributed by atoms with Crippen molar-refractivity contribution in [3.8, 4) is 0 Å². The van der Waals surface area contributed by atoms with Crippen LogP contribution < -0.4 is 10.2 Å². The second kappa shape index (κ2) is 7.94. The van der Waals surface area contributed by atoms with Gasteiger partial charge in [0.1, 0.15) is 5.82 Å². The van der Waals surface area contributed by atoms with Gasteiger partial charge in [-0.3, -0.25) is 14.9 Å². The predicted octanol–water partition coefficient (Wildman–Crippen LogP) is 4.20. The molecule has 2 unspecified atom stereocenters. The Morgan fingerprint density at radius 2 is 1.83 bits per heavy atom. The molecule has 2 aliphatic rings. The number of nitrogens with one attached hydrogen (secondary N) is 2. The highest BCUT2D eigenvalue weighted by Gasteiger charge is 2.59. The summed E-state index contributed by atoms with van der Waals surface area (Å²) in [6, 6.07) is 15.8. The number of fused-ring (bicyclic) bond motifs is 2. The molecule has 0 spiro atoms. The van der Waals surface area contributed by atoms with Crippen LogP contribution >= 0.6 is 0 Å². The molecule has 2 aromatic heterocycles. The van der Waals surface area contributed by atoms with E-state index in [-0.39, 0.29) is 17.8 Å². The summed E-state index contributed by atoms with van der Waals surface area (Å²) in [4.78, 5) is 18.0. The van der Waals surface area contributed by atoms with Crippen molar-refractivity contribution in [2.24, 2.45) is 24.8 Å². The number of hydrogen-bond donors (Lipinski definition) is 3. The first-order valence-electron chi connectivity index (χ1n) is 11.7. The number of para-hydroxylation sites is 1. The number of carbonyl (C=O) groups is 1. The number of rotatable bonds is 6. The van der Waals surface area contributed by atoms with Crippen molar-refractivity contribution in [1.29, 1.82) is 5.41 Å². The fourth-order valence-corrected chi connectivity index (χ4v) is 5.44. The van der Waals surface area contributed by atoms with Gasteiger partial charge in [0.05, 0.1) is 34.7 Å². The molecule has 35 heavy (non-hydrogen) atoms. The molecule has 2 aromatic carbocycles. The van der Waals surface area contributed by atoms with E-state index in [0.717, 1.165) is 57.9 Å². The maximum Gasteiger partial charge on any atom is 0.307 e. The Kier molecular flexibility index (Phi) is 4.84. The first-order chi connectivity index (χ1) is 16.9. The van der Waals surface area contributed by atoms with Gasteiger partial charge in [-0.25, -0.2) is 4.98 Å². The van der Waals surface area contributed by atoms with E-state index in [0.29, 0.717) is 5.71 Å². The van der Waals surface area contributed by atoms with Gasteiger partial charge in [0.2, 0.25) is 0 Å². The lowest BCUT2D eigenvalue weighted by Gasteiger charge is -2.21. The van der Waals surface area contributed by atoms with Crippen molar-refractivity contribution in [2.45, 2.75) is 6.92 Å². The van der Waals surface area contributed by atoms with Crippen LogP contribution in [0.2, 0.25) is 0 Å². The van der Waals surface area contributed by atoms with Gasteiger partial charge in [-0.2, -0.15) is 5.10 Å². The number of piperidine rings is 1. The van der Waals surface area contributed by atoms with Crippen molar-refractivity contribution in [1.82, 2.24) is 14.8 Å². The highest BCUT2D eigenvalue weighted by Crippen LogP contribution is 2.52. The lowest BCUT2D eigenvalue weighted by atomic mass is 9.96. The molecular weight excluding hydrogens is 440 g/mol. The molecule has 2 fully saturated rings. The van der Waals surface area contributed by atoms with Crippen LogP contribution in [0.3, 0.4) is 0 Å². The lowest BCUT2D eigenvalue weighted by Crippen LogP contribution is -2.26.